The Morgan fingerprint density at radius 1 is 0.564 bits per heavy atom. The minimum Gasteiger partial charge on any atom is -0.477 e. The molecule has 0 spiro atoms. The molecule has 0 fully saturated rings. The highest BCUT2D eigenvalue weighted by molar-refractivity contribution is 5.72. The topological polar surface area (TPSA) is 99.1 Å². The number of allylic oxidation sites excluding steroid dienone is 8. The molecule has 0 aliphatic heterocycles. The van der Waals surface area contributed by atoms with Crippen molar-refractivity contribution in [3.05, 3.63) is 48.6 Å². The summed E-state index contributed by atoms with van der Waals surface area (Å²) in [5.74, 6) is -1.49. The van der Waals surface area contributed by atoms with Crippen LogP contribution < -0.4 is 0 Å². The summed E-state index contributed by atoms with van der Waals surface area (Å²) in [6.45, 7) is 4.57. The van der Waals surface area contributed by atoms with Gasteiger partial charge in [-0.05, 0) is 64.2 Å². The van der Waals surface area contributed by atoms with Crippen molar-refractivity contribution in [1.82, 2.24) is 0 Å². The van der Waals surface area contributed by atoms with Crippen LogP contribution in [-0.4, -0.2) is 80.6 Å². The molecule has 318 valence electrons. The molecule has 0 aromatic rings. The summed E-state index contributed by atoms with van der Waals surface area (Å²) in [4.78, 5) is 36.9. The lowest BCUT2D eigenvalue weighted by atomic mass is 10.1. The van der Waals surface area contributed by atoms with E-state index in [1.165, 1.54) is 77.0 Å². The molecular weight excluding hydrogens is 691 g/mol. The fourth-order valence-electron chi connectivity index (χ4n) is 6.26. The van der Waals surface area contributed by atoms with E-state index in [0.717, 1.165) is 70.6 Å². The number of ether oxygens (including phenoxy) is 3. The fraction of sp³-hybridized carbons (Fsp3) is 0.766. The zero-order valence-electron chi connectivity index (χ0n) is 36.1. The molecule has 8 nitrogen and oxygen atoms in total. The predicted octanol–water partition coefficient (Wildman–Crippen LogP) is 12.0. The summed E-state index contributed by atoms with van der Waals surface area (Å²) < 4.78 is 17.2. The quantitative estimate of drug-likeness (QED) is 0.0287. The van der Waals surface area contributed by atoms with Gasteiger partial charge in [0, 0.05) is 19.3 Å². The first kappa shape index (κ1) is 52.3. The average Bonchev–Trinajstić information content (AvgIpc) is 3.14. The Hall–Kier alpha value is -2.71. The molecule has 55 heavy (non-hydrogen) atoms. The molecule has 0 radical (unpaired) electrons. The third kappa shape index (κ3) is 36.7. The van der Waals surface area contributed by atoms with E-state index in [0.29, 0.717) is 19.3 Å². The highest BCUT2D eigenvalue weighted by Crippen LogP contribution is 2.14. The van der Waals surface area contributed by atoms with Crippen LogP contribution in [0.3, 0.4) is 0 Å². The maximum atomic E-state index is 12.7. The van der Waals surface area contributed by atoms with Crippen LogP contribution >= 0.6 is 0 Å². The zero-order chi connectivity index (χ0) is 40.7. The van der Waals surface area contributed by atoms with Gasteiger partial charge >= 0.3 is 17.9 Å². The van der Waals surface area contributed by atoms with Gasteiger partial charge in [-0.15, -0.1) is 0 Å². The van der Waals surface area contributed by atoms with Crippen LogP contribution in [0.1, 0.15) is 181 Å². The minimum absolute atomic E-state index is 0.0563. The first-order chi connectivity index (χ1) is 26.6. The highest BCUT2D eigenvalue weighted by atomic mass is 16.6. The second-order valence-electron chi connectivity index (χ2n) is 15.9. The van der Waals surface area contributed by atoms with Gasteiger partial charge in [0.15, 0.2) is 12.1 Å². The number of carbonyl (C=O) groups excluding carboxylic acids is 2. The van der Waals surface area contributed by atoms with Crippen molar-refractivity contribution in [1.29, 1.82) is 0 Å². The van der Waals surface area contributed by atoms with Gasteiger partial charge in [-0.3, -0.25) is 9.59 Å². The van der Waals surface area contributed by atoms with Crippen LogP contribution in [0.15, 0.2) is 48.6 Å². The Bertz CT molecular complexity index is 1040. The Balaban J connectivity index is 4.27. The van der Waals surface area contributed by atoms with E-state index in [9.17, 15) is 19.5 Å². The Kier molecular flexibility index (Phi) is 36.3. The van der Waals surface area contributed by atoms with Gasteiger partial charge in [-0.25, -0.2) is 4.79 Å². The molecule has 0 bridgehead atoms. The van der Waals surface area contributed by atoms with Crippen molar-refractivity contribution in [2.45, 2.75) is 193 Å². The number of quaternary nitrogens is 1. The van der Waals surface area contributed by atoms with Crippen LogP contribution in [0.4, 0.5) is 0 Å². The van der Waals surface area contributed by atoms with E-state index < -0.39 is 18.1 Å². The van der Waals surface area contributed by atoms with Gasteiger partial charge in [-0.1, -0.05) is 146 Å². The number of aliphatic carboxylic acids is 1. The number of carboxylic acid groups (broad SMARTS) is 1. The van der Waals surface area contributed by atoms with E-state index in [1.54, 1.807) is 0 Å². The molecule has 1 N–H and O–H groups in total. The number of hydrogen-bond acceptors (Lipinski definition) is 6. The van der Waals surface area contributed by atoms with Crippen molar-refractivity contribution >= 4 is 17.9 Å². The second kappa shape index (κ2) is 38.2. The van der Waals surface area contributed by atoms with Crippen molar-refractivity contribution < 1.29 is 38.2 Å². The van der Waals surface area contributed by atoms with Gasteiger partial charge < -0.3 is 23.8 Å². The van der Waals surface area contributed by atoms with Gasteiger partial charge in [0.2, 0.25) is 0 Å². The third-order valence-electron chi connectivity index (χ3n) is 9.71. The molecule has 0 aromatic carbocycles. The highest BCUT2D eigenvalue weighted by Gasteiger charge is 2.31. The summed E-state index contributed by atoms with van der Waals surface area (Å²) in [7, 11) is 5.52. The van der Waals surface area contributed by atoms with Crippen LogP contribution in [0.25, 0.3) is 0 Å². The van der Waals surface area contributed by atoms with Gasteiger partial charge in [-0.2, -0.15) is 0 Å². The van der Waals surface area contributed by atoms with Crippen molar-refractivity contribution in [3.63, 3.8) is 0 Å². The molecule has 0 saturated carbocycles. The molecule has 2 atom stereocenters. The summed E-state index contributed by atoms with van der Waals surface area (Å²) >= 11 is 0. The predicted molar refractivity (Wildman–Crippen MR) is 229 cm³/mol. The average molecular weight is 775 g/mol. The van der Waals surface area contributed by atoms with Crippen LogP contribution in [0.2, 0.25) is 0 Å². The second-order valence-corrected chi connectivity index (χ2v) is 15.9. The van der Waals surface area contributed by atoms with Crippen LogP contribution in [0, 0.1) is 0 Å². The first-order valence-electron chi connectivity index (χ1n) is 22.2. The van der Waals surface area contributed by atoms with Crippen molar-refractivity contribution in [2.24, 2.45) is 0 Å². The number of esters is 2. The van der Waals surface area contributed by atoms with E-state index in [1.807, 2.05) is 21.1 Å². The maximum Gasteiger partial charge on any atom is 0.362 e. The third-order valence-corrected chi connectivity index (χ3v) is 9.71. The Labute approximate surface area is 337 Å². The molecule has 0 aromatic heterocycles. The lowest BCUT2D eigenvalue weighted by Gasteiger charge is -2.31. The summed E-state index contributed by atoms with van der Waals surface area (Å²) in [5.41, 5.74) is 0. The van der Waals surface area contributed by atoms with Gasteiger partial charge in [0.05, 0.1) is 34.4 Å². The minimum atomic E-state index is -0.878. The lowest BCUT2D eigenvalue weighted by molar-refractivity contribution is -0.887. The number of nitrogens with zero attached hydrogens (tertiary/aromatic N) is 1. The molecule has 0 amide bonds. The SMILES string of the molecule is CC/C=C/C/C=C/C/C=C/CCCCCCCCCCCCC(=O)OCC(COCCC(C(=O)O)[N+](C)(C)C)OC(=O)CCCCCCC/C=C/CCCC. The number of carboxylic acids is 1. The van der Waals surface area contributed by atoms with Gasteiger partial charge in [0.1, 0.15) is 6.61 Å². The Morgan fingerprint density at radius 2 is 1.02 bits per heavy atom. The van der Waals surface area contributed by atoms with Crippen LogP contribution in [0.5, 0.6) is 0 Å². The smallest absolute Gasteiger partial charge is 0.362 e. The summed E-state index contributed by atoms with van der Waals surface area (Å²) in [6, 6.07) is -0.616. The number of likely N-dealkylation sites (N-methyl/N-ethyl adjacent to an activating group) is 1. The fourth-order valence-corrected chi connectivity index (χ4v) is 6.26. The van der Waals surface area contributed by atoms with Crippen molar-refractivity contribution in [3.8, 4) is 0 Å². The standard InChI is InChI=1S/C47H83NO7/c1-6-8-10-12-14-16-18-19-20-21-22-23-24-25-26-28-29-31-33-35-37-45(49)54-42-43(41-53-40-39-44(47(51)52)48(3,4)5)55-46(50)38-36-34-32-30-27-17-15-13-11-9-7-2/h8,10,13-16,19-20,43-44H,6-7,9,11-12,17-18,21-42H2,1-5H3/p+1/b10-8+,15-13+,16-14+,20-19+. The normalized spacial score (nSPS) is 13.4. The number of hydrogen-bond donors (Lipinski definition) is 1. The molecule has 0 rings (SSSR count). The maximum absolute atomic E-state index is 12.7. The van der Waals surface area contributed by atoms with E-state index in [4.69, 9.17) is 14.2 Å². The molecule has 2 unspecified atom stereocenters. The summed E-state index contributed by atoms with van der Waals surface area (Å²) in [6.07, 6.45) is 44.4. The molecule has 0 saturated heterocycles. The van der Waals surface area contributed by atoms with E-state index in [2.05, 4.69) is 62.5 Å². The van der Waals surface area contributed by atoms with Crippen LogP contribution in [-0.2, 0) is 28.6 Å². The van der Waals surface area contributed by atoms with Crippen molar-refractivity contribution in [2.75, 3.05) is 41.0 Å². The molecule has 8 heteroatoms. The first-order valence-corrected chi connectivity index (χ1v) is 22.2. The molecule has 0 aliphatic carbocycles. The number of carbonyl (C=O) groups is 3. The number of rotatable bonds is 39. The van der Waals surface area contributed by atoms with E-state index >= 15 is 0 Å². The zero-order valence-corrected chi connectivity index (χ0v) is 36.1. The molecule has 0 aliphatic rings. The number of unbranched alkanes of at least 4 members (excludes halogenated alkanes) is 17. The molecular formula is C47H84NO7+. The monoisotopic (exact) mass is 775 g/mol. The lowest BCUT2D eigenvalue weighted by Crippen LogP contribution is -2.50. The largest absolute Gasteiger partial charge is 0.477 e. The van der Waals surface area contributed by atoms with E-state index in [-0.39, 0.29) is 36.2 Å². The Morgan fingerprint density at radius 3 is 1.53 bits per heavy atom. The summed E-state index contributed by atoms with van der Waals surface area (Å²) in [5, 5.41) is 9.61. The van der Waals surface area contributed by atoms with Gasteiger partial charge in [0.25, 0.3) is 0 Å². The molecule has 0 heterocycles.